The summed E-state index contributed by atoms with van der Waals surface area (Å²) in [4.78, 5) is 12.5. The number of nitrogens with one attached hydrogen (secondary N) is 1. The van der Waals surface area contributed by atoms with Crippen LogP contribution in [0.2, 0.25) is 0 Å². The van der Waals surface area contributed by atoms with Crippen molar-refractivity contribution in [3.05, 3.63) is 53.6 Å². The zero-order valence-corrected chi connectivity index (χ0v) is 18.7. The van der Waals surface area contributed by atoms with Crippen LogP contribution in [0.25, 0.3) is 22.6 Å². The van der Waals surface area contributed by atoms with E-state index in [0.29, 0.717) is 34.6 Å². The van der Waals surface area contributed by atoms with Crippen molar-refractivity contribution in [3.8, 4) is 17.3 Å². The largest absolute Gasteiger partial charge is 0.493 e. The summed E-state index contributed by atoms with van der Waals surface area (Å²) in [5.74, 6) is 2.06. The van der Waals surface area contributed by atoms with E-state index in [4.69, 9.17) is 9.15 Å². The Morgan fingerprint density at radius 3 is 2.81 bits per heavy atom. The van der Waals surface area contributed by atoms with Crippen LogP contribution in [0.1, 0.15) is 18.1 Å². The number of hydrogen-bond acceptors (Lipinski definition) is 6. The van der Waals surface area contributed by atoms with Gasteiger partial charge in [-0.05, 0) is 50.1 Å². The molecule has 0 spiro atoms. The van der Waals surface area contributed by atoms with Crippen LogP contribution in [0.5, 0.6) is 5.75 Å². The third-order valence-corrected chi connectivity index (χ3v) is 5.95. The van der Waals surface area contributed by atoms with E-state index in [9.17, 15) is 4.79 Å². The molecule has 0 aliphatic carbocycles. The van der Waals surface area contributed by atoms with Crippen molar-refractivity contribution >= 4 is 34.3 Å². The number of ether oxygens (including phenoxy) is 1. The minimum Gasteiger partial charge on any atom is -0.493 e. The minimum absolute atomic E-state index is 0.0839. The molecule has 2 aromatic carbocycles. The summed E-state index contributed by atoms with van der Waals surface area (Å²) >= 11 is 1.35. The Bertz CT molecular complexity index is 1250. The average Bonchev–Trinajstić information content (AvgIpc) is 3.38. The number of rotatable bonds is 7. The molecule has 0 bridgehead atoms. The predicted molar refractivity (Wildman–Crippen MR) is 123 cm³/mol. The molecule has 0 saturated heterocycles. The maximum atomic E-state index is 12.5. The molecule has 0 unspecified atom stereocenters. The smallest absolute Gasteiger partial charge is 0.234 e. The number of nitrogens with zero attached hydrogens (tertiary/aromatic N) is 3. The van der Waals surface area contributed by atoms with E-state index < -0.39 is 0 Å². The van der Waals surface area contributed by atoms with Crippen LogP contribution in [-0.2, 0) is 11.3 Å². The molecule has 0 aliphatic heterocycles. The molecule has 1 N–H and O–H groups in total. The Hall–Kier alpha value is -3.26. The van der Waals surface area contributed by atoms with Gasteiger partial charge in [0, 0.05) is 17.6 Å². The molecule has 2 aromatic heterocycles. The number of anilines is 1. The zero-order chi connectivity index (χ0) is 22.0. The van der Waals surface area contributed by atoms with Gasteiger partial charge in [0.05, 0.1) is 12.9 Å². The predicted octanol–water partition coefficient (Wildman–Crippen LogP) is 5.07. The molecular formula is C23H24N4O3S. The van der Waals surface area contributed by atoms with Crippen molar-refractivity contribution < 1.29 is 13.9 Å². The van der Waals surface area contributed by atoms with Crippen LogP contribution < -0.4 is 10.1 Å². The number of thioether (sulfide) groups is 1. The number of carbonyl (C=O) groups excluding carboxylic acids is 1. The van der Waals surface area contributed by atoms with E-state index in [1.54, 1.807) is 7.11 Å². The third kappa shape index (κ3) is 4.29. The van der Waals surface area contributed by atoms with Gasteiger partial charge < -0.3 is 14.5 Å². The zero-order valence-electron chi connectivity index (χ0n) is 17.9. The highest BCUT2D eigenvalue weighted by molar-refractivity contribution is 7.99. The Kier molecular flexibility index (Phi) is 5.99. The number of methoxy groups -OCH3 is 1. The van der Waals surface area contributed by atoms with Crippen molar-refractivity contribution in [3.63, 3.8) is 0 Å². The van der Waals surface area contributed by atoms with E-state index in [-0.39, 0.29) is 11.7 Å². The SMILES string of the molecule is CCn1c(SCC(=O)Nc2cc(C)ccc2C)nnc1-c1cc2cccc(OC)c2o1. The van der Waals surface area contributed by atoms with Gasteiger partial charge in [0.1, 0.15) is 0 Å². The fourth-order valence-corrected chi connectivity index (χ4v) is 4.16. The molecule has 160 valence electrons. The highest BCUT2D eigenvalue weighted by atomic mass is 32.2. The second kappa shape index (κ2) is 8.85. The number of benzene rings is 2. The number of amides is 1. The second-order valence-electron chi connectivity index (χ2n) is 7.19. The molecular weight excluding hydrogens is 412 g/mol. The fraction of sp³-hybridized carbons (Fsp3) is 0.261. The van der Waals surface area contributed by atoms with Crippen molar-refractivity contribution in [1.29, 1.82) is 0 Å². The van der Waals surface area contributed by atoms with Gasteiger partial charge in [0.15, 0.2) is 22.2 Å². The summed E-state index contributed by atoms with van der Waals surface area (Å²) in [7, 11) is 1.61. The van der Waals surface area contributed by atoms with E-state index in [2.05, 4.69) is 15.5 Å². The monoisotopic (exact) mass is 436 g/mol. The Morgan fingerprint density at radius 2 is 2.03 bits per heavy atom. The third-order valence-electron chi connectivity index (χ3n) is 4.98. The molecule has 0 fully saturated rings. The molecule has 1 amide bonds. The Labute approximate surface area is 184 Å². The van der Waals surface area contributed by atoms with Crippen LogP contribution >= 0.6 is 11.8 Å². The lowest BCUT2D eigenvalue weighted by Gasteiger charge is -2.09. The molecule has 0 saturated carbocycles. The molecule has 0 radical (unpaired) electrons. The molecule has 4 aromatic rings. The van der Waals surface area contributed by atoms with Crippen molar-refractivity contribution in [1.82, 2.24) is 14.8 Å². The number of aromatic nitrogens is 3. The van der Waals surface area contributed by atoms with Gasteiger partial charge in [0.2, 0.25) is 11.7 Å². The maximum absolute atomic E-state index is 12.5. The van der Waals surface area contributed by atoms with Gasteiger partial charge in [-0.2, -0.15) is 0 Å². The minimum atomic E-state index is -0.0839. The number of aryl methyl sites for hydroxylation is 2. The van der Waals surface area contributed by atoms with Gasteiger partial charge in [-0.15, -0.1) is 10.2 Å². The molecule has 7 nitrogen and oxygen atoms in total. The van der Waals surface area contributed by atoms with Gasteiger partial charge >= 0.3 is 0 Å². The molecule has 0 atom stereocenters. The highest BCUT2D eigenvalue weighted by Crippen LogP contribution is 2.33. The number of fused-ring (bicyclic) bond motifs is 1. The van der Waals surface area contributed by atoms with Crippen LogP contribution in [0.3, 0.4) is 0 Å². The highest BCUT2D eigenvalue weighted by Gasteiger charge is 2.19. The van der Waals surface area contributed by atoms with Crippen molar-refractivity contribution in [2.45, 2.75) is 32.5 Å². The molecule has 4 rings (SSSR count). The van der Waals surface area contributed by atoms with Gasteiger partial charge in [0.25, 0.3) is 0 Å². The molecule has 0 aliphatic rings. The van der Waals surface area contributed by atoms with Gasteiger partial charge in [-0.1, -0.05) is 36.0 Å². The van der Waals surface area contributed by atoms with E-state index in [1.165, 1.54) is 11.8 Å². The molecule has 31 heavy (non-hydrogen) atoms. The molecule has 2 heterocycles. The number of hydrogen-bond donors (Lipinski definition) is 1. The number of para-hydroxylation sites is 1. The molecule has 8 heteroatoms. The Morgan fingerprint density at radius 1 is 1.19 bits per heavy atom. The van der Waals surface area contributed by atoms with E-state index in [0.717, 1.165) is 22.2 Å². The lowest BCUT2D eigenvalue weighted by Crippen LogP contribution is -2.15. The lowest BCUT2D eigenvalue weighted by atomic mass is 10.1. The van der Waals surface area contributed by atoms with Gasteiger partial charge in [-0.3, -0.25) is 9.36 Å². The van der Waals surface area contributed by atoms with Crippen LogP contribution in [-0.4, -0.2) is 33.5 Å². The first-order valence-electron chi connectivity index (χ1n) is 10.00. The van der Waals surface area contributed by atoms with Crippen molar-refractivity contribution in [2.24, 2.45) is 0 Å². The lowest BCUT2D eigenvalue weighted by molar-refractivity contribution is -0.113. The van der Waals surface area contributed by atoms with Crippen LogP contribution in [0.4, 0.5) is 5.69 Å². The maximum Gasteiger partial charge on any atom is 0.234 e. The summed E-state index contributed by atoms with van der Waals surface area (Å²) < 4.78 is 13.4. The fourth-order valence-electron chi connectivity index (χ4n) is 3.36. The summed E-state index contributed by atoms with van der Waals surface area (Å²) in [6, 6.07) is 13.7. The van der Waals surface area contributed by atoms with Crippen LogP contribution in [0.15, 0.2) is 52.0 Å². The number of furan rings is 1. The summed E-state index contributed by atoms with van der Waals surface area (Å²) in [6.45, 7) is 6.64. The first-order valence-corrected chi connectivity index (χ1v) is 11.0. The summed E-state index contributed by atoms with van der Waals surface area (Å²) in [6.07, 6.45) is 0. The topological polar surface area (TPSA) is 82.2 Å². The standard InChI is InChI=1S/C23H24N4O3S/c1-5-27-22(19-12-16-7-6-8-18(29-4)21(16)30-19)25-26-23(27)31-13-20(28)24-17-11-14(2)9-10-15(17)3/h6-12H,5,13H2,1-4H3,(H,24,28). The summed E-state index contributed by atoms with van der Waals surface area (Å²) in [5.41, 5.74) is 3.64. The van der Waals surface area contributed by atoms with Crippen LogP contribution in [0, 0.1) is 13.8 Å². The normalized spacial score (nSPS) is 11.1. The quantitative estimate of drug-likeness (QED) is 0.408. The summed E-state index contributed by atoms with van der Waals surface area (Å²) in [5, 5.41) is 13.2. The first-order chi connectivity index (χ1) is 15.0. The Balaban J connectivity index is 1.52. The second-order valence-corrected chi connectivity index (χ2v) is 8.14. The first kappa shape index (κ1) is 21.0. The average molecular weight is 437 g/mol. The number of carbonyl (C=O) groups is 1. The van der Waals surface area contributed by atoms with E-state index in [1.807, 2.05) is 67.8 Å². The van der Waals surface area contributed by atoms with Gasteiger partial charge in [-0.25, -0.2) is 0 Å². The van der Waals surface area contributed by atoms with E-state index >= 15 is 0 Å². The van der Waals surface area contributed by atoms with Crippen molar-refractivity contribution in [2.75, 3.05) is 18.2 Å².